The van der Waals surface area contributed by atoms with Gasteiger partial charge in [0.05, 0.1) is 0 Å². The molecule has 2 N–H and O–H groups in total. The van der Waals surface area contributed by atoms with Crippen molar-refractivity contribution in [2.75, 3.05) is 5.32 Å². The third kappa shape index (κ3) is 7.26. The number of amides is 1. The third-order valence-electron chi connectivity index (χ3n) is 5.27. The highest BCUT2D eigenvalue weighted by Crippen LogP contribution is 2.40. The van der Waals surface area contributed by atoms with E-state index >= 15 is 0 Å². The molecule has 3 heteroatoms. The molecular weight excluding hydrogens is 358 g/mol. The Hall–Kier alpha value is -2.81. The molecule has 0 saturated heterocycles. The SMILES string of the molecule is CC(C=CC1=C(C)CCCC1(C)C)=CC=C/C(C)=C/C(=O)Nc1ccc(O)cc1. The average molecular weight is 392 g/mol. The number of rotatable bonds is 6. The number of aromatic hydroxyl groups is 1. The van der Waals surface area contributed by atoms with Crippen LogP contribution in [-0.4, -0.2) is 11.0 Å². The van der Waals surface area contributed by atoms with E-state index in [2.05, 4.69) is 51.2 Å². The number of nitrogens with one attached hydrogen (secondary N) is 1. The molecule has 0 heterocycles. The van der Waals surface area contributed by atoms with Gasteiger partial charge in [-0.25, -0.2) is 0 Å². The van der Waals surface area contributed by atoms with E-state index < -0.39 is 0 Å². The first-order valence-electron chi connectivity index (χ1n) is 10.2. The summed E-state index contributed by atoms with van der Waals surface area (Å²) in [5.74, 6) is -0.0206. The van der Waals surface area contributed by atoms with Crippen LogP contribution in [0.1, 0.15) is 53.9 Å². The fourth-order valence-corrected chi connectivity index (χ4v) is 3.61. The maximum absolute atomic E-state index is 12.1. The molecule has 0 atom stereocenters. The van der Waals surface area contributed by atoms with Crippen LogP contribution in [0.2, 0.25) is 0 Å². The topological polar surface area (TPSA) is 49.3 Å². The maximum atomic E-state index is 12.1. The summed E-state index contributed by atoms with van der Waals surface area (Å²) in [7, 11) is 0. The van der Waals surface area contributed by atoms with Gasteiger partial charge in [0.15, 0.2) is 0 Å². The maximum Gasteiger partial charge on any atom is 0.248 e. The van der Waals surface area contributed by atoms with Gasteiger partial charge in [0.25, 0.3) is 0 Å². The molecule has 1 aromatic carbocycles. The lowest BCUT2D eigenvalue weighted by atomic mass is 9.72. The number of hydrogen-bond acceptors (Lipinski definition) is 2. The van der Waals surface area contributed by atoms with Gasteiger partial charge in [0.2, 0.25) is 5.91 Å². The van der Waals surface area contributed by atoms with Crippen molar-refractivity contribution in [2.45, 2.75) is 53.9 Å². The Bertz CT molecular complexity index is 878. The van der Waals surface area contributed by atoms with Gasteiger partial charge in [0, 0.05) is 11.8 Å². The molecule has 0 aliphatic heterocycles. The summed E-state index contributed by atoms with van der Waals surface area (Å²) in [5.41, 5.74) is 5.89. The van der Waals surface area contributed by atoms with E-state index in [9.17, 15) is 9.90 Å². The Morgan fingerprint density at radius 1 is 1.10 bits per heavy atom. The normalized spacial score (nSPS) is 18.0. The number of benzene rings is 1. The van der Waals surface area contributed by atoms with Crippen LogP contribution in [0.4, 0.5) is 5.69 Å². The molecule has 0 saturated carbocycles. The molecule has 0 radical (unpaired) electrons. The van der Waals surface area contributed by atoms with Crippen LogP contribution in [0.25, 0.3) is 0 Å². The largest absolute Gasteiger partial charge is 0.508 e. The van der Waals surface area contributed by atoms with Gasteiger partial charge >= 0.3 is 0 Å². The molecular formula is C26H33NO2. The average Bonchev–Trinajstić information content (AvgIpc) is 2.62. The molecule has 29 heavy (non-hydrogen) atoms. The number of carbonyl (C=O) groups is 1. The van der Waals surface area contributed by atoms with Crippen molar-refractivity contribution < 1.29 is 9.90 Å². The number of anilines is 1. The monoisotopic (exact) mass is 391 g/mol. The lowest BCUT2D eigenvalue weighted by molar-refractivity contribution is -0.111. The molecule has 0 aromatic heterocycles. The minimum absolute atomic E-state index is 0.173. The summed E-state index contributed by atoms with van der Waals surface area (Å²) in [6, 6.07) is 6.41. The lowest BCUT2D eigenvalue weighted by Crippen LogP contribution is -2.19. The Labute approximate surface area is 175 Å². The van der Waals surface area contributed by atoms with Gasteiger partial charge in [0.1, 0.15) is 5.75 Å². The van der Waals surface area contributed by atoms with Crippen molar-refractivity contribution in [3.63, 3.8) is 0 Å². The zero-order chi connectivity index (χ0) is 21.4. The van der Waals surface area contributed by atoms with E-state index in [-0.39, 0.29) is 17.1 Å². The van der Waals surface area contributed by atoms with Crippen molar-refractivity contribution >= 4 is 11.6 Å². The minimum Gasteiger partial charge on any atom is -0.508 e. The van der Waals surface area contributed by atoms with Gasteiger partial charge in [-0.2, -0.15) is 0 Å². The molecule has 2 rings (SSSR count). The highest BCUT2D eigenvalue weighted by atomic mass is 16.3. The summed E-state index contributed by atoms with van der Waals surface area (Å²) in [6.45, 7) is 10.9. The highest BCUT2D eigenvalue weighted by Gasteiger charge is 2.26. The van der Waals surface area contributed by atoms with Crippen molar-refractivity contribution in [3.8, 4) is 5.75 Å². The molecule has 1 amide bonds. The molecule has 3 nitrogen and oxygen atoms in total. The van der Waals surface area contributed by atoms with Crippen LogP contribution < -0.4 is 5.32 Å². The van der Waals surface area contributed by atoms with E-state index in [0.717, 1.165) is 5.57 Å². The van der Waals surface area contributed by atoms with Crippen LogP contribution in [0.5, 0.6) is 5.75 Å². The van der Waals surface area contributed by atoms with Crippen molar-refractivity contribution in [2.24, 2.45) is 5.41 Å². The van der Waals surface area contributed by atoms with Gasteiger partial charge in [-0.15, -0.1) is 0 Å². The second-order valence-electron chi connectivity index (χ2n) is 8.46. The van der Waals surface area contributed by atoms with Crippen LogP contribution in [-0.2, 0) is 4.79 Å². The first-order valence-corrected chi connectivity index (χ1v) is 10.2. The van der Waals surface area contributed by atoms with Crippen LogP contribution >= 0.6 is 0 Å². The van der Waals surface area contributed by atoms with Crippen molar-refractivity contribution in [1.82, 2.24) is 0 Å². The van der Waals surface area contributed by atoms with Gasteiger partial charge < -0.3 is 10.4 Å². The second kappa shape index (κ2) is 10.1. The number of phenolic OH excluding ortho intramolecular Hbond substituents is 1. The lowest BCUT2D eigenvalue weighted by Gasteiger charge is -2.32. The summed E-state index contributed by atoms with van der Waals surface area (Å²) >= 11 is 0. The van der Waals surface area contributed by atoms with Gasteiger partial charge in [-0.1, -0.05) is 55.4 Å². The molecule has 0 unspecified atom stereocenters. The Morgan fingerprint density at radius 2 is 1.79 bits per heavy atom. The molecule has 1 aromatic rings. The van der Waals surface area contributed by atoms with E-state index in [4.69, 9.17) is 0 Å². The van der Waals surface area contributed by atoms with E-state index in [0.29, 0.717) is 5.69 Å². The highest BCUT2D eigenvalue weighted by molar-refractivity contribution is 5.99. The molecule has 0 spiro atoms. The summed E-state index contributed by atoms with van der Waals surface area (Å²) in [5, 5.41) is 12.1. The number of carbonyl (C=O) groups excluding carboxylic acids is 1. The second-order valence-corrected chi connectivity index (χ2v) is 8.46. The molecule has 0 bridgehead atoms. The predicted molar refractivity (Wildman–Crippen MR) is 123 cm³/mol. The quantitative estimate of drug-likeness (QED) is 0.316. The first kappa shape index (κ1) is 22.5. The zero-order valence-electron chi connectivity index (χ0n) is 18.3. The minimum atomic E-state index is -0.194. The number of allylic oxidation sites excluding steroid dienone is 9. The fraction of sp³-hybridized carbons (Fsp3) is 0.346. The first-order chi connectivity index (χ1) is 13.7. The molecule has 154 valence electrons. The van der Waals surface area contributed by atoms with Gasteiger partial charge in [-0.3, -0.25) is 4.79 Å². The third-order valence-corrected chi connectivity index (χ3v) is 5.27. The smallest absolute Gasteiger partial charge is 0.248 e. The van der Waals surface area contributed by atoms with Crippen molar-refractivity contribution in [1.29, 1.82) is 0 Å². The van der Waals surface area contributed by atoms with E-state index in [1.54, 1.807) is 30.3 Å². The van der Waals surface area contributed by atoms with Crippen LogP contribution in [0, 0.1) is 5.41 Å². The van der Waals surface area contributed by atoms with Gasteiger partial charge in [-0.05, 0) is 80.9 Å². The van der Waals surface area contributed by atoms with E-state index in [1.165, 1.54) is 36.0 Å². The Balaban J connectivity index is 1.95. The summed E-state index contributed by atoms with van der Waals surface area (Å²) < 4.78 is 0. The van der Waals surface area contributed by atoms with Crippen LogP contribution in [0.15, 0.2) is 83.0 Å². The summed E-state index contributed by atoms with van der Waals surface area (Å²) in [4.78, 5) is 12.1. The predicted octanol–water partition coefficient (Wildman–Crippen LogP) is 6.86. The fourth-order valence-electron chi connectivity index (χ4n) is 3.61. The van der Waals surface area contributed by atoms with Crippen LogP contribution in [0.3, 0.4) is 0 Å². The summed E-state index contributed by atoms with van der Waals surface area (Å²) in [6.07, 6.45) is 15.6. The van der Waals surface area contributed by atoms with Crippen molar-refractivity contribution in [3.05, 3.63) is 83.0 Å². The number of phenols is 1. The van der Waals surface area contributed by atoms with E-state index in [1.807, 2.05) is 19.1 Å². The molecule has 0 fully saturated rings. The Kier molecular flexibility index (Phi) is 7.83. The molecule has 1 aliphatic carbocycles. The number of hydrogen-bond donors (Lipinski definition) is 2. The standard InChI is InChI=1S/C26H33NO2/c1-19(11-16-24-21(3)10-7-17-26(24,4)5)8-6-9-20(2)18-25(29)27-22-12-14-23(28)15-13-22/h6,8-9,11-16,18,28H,7,10,17H2,1-5H3,(H,27,29)/b9-6?,16-11?,19-8?,20-18+. The molecule has 1 aliphatic rings. The zero-order valence-corrected chi connectivity index (χ0v) is 18.3. The Morgan fingerprint density at radius 3 is 2.45 bits per heavy atom.